The predicted octanol–water partition coefficient (Wildman–Crippen LogP) is 2.56. The van der Waals surface area contributed by atoms with E-state index in [4.69, 9.17) is 4.74 Å². The second-order valence-electron chi connectivity index (χ2n) is 5.80. The molecule has 24 heavy (non-hydrogen) atoms. The Morgan fingerprint density at radius 2 is 1.75 bits per heavy atom. The number of carbonyl (C=O) groups is 1. The molecule has 2 aromatic rings. The molecule has 2 aromatic carbocycles. The fourth-order valence-electron chi connectivity index (χ4n) is 2.67. The monoisotopic (exact) mass is 325 g/mol. The van der Waals surface area contributed by atoms with E-state index in [0.29, 0.717) is 5.75 Å². The van der Waals surface area contributed by atoms with Crippen LogP contribution in [-0.2, 0) is 4.79 Å². The number of hydrogen-bond acceptors (Lipinski definition) is 5. The summed E-state index contributed by atoms with van der Waals surface area (Å²) in [6.07, 6.45) is 0. The molecule has 3 rings (SSSR count). The number of ether oxygens (including phenoxy) is 1. The Bertz CT molecular complexity index is 810. The summed E-state index contributed by atoms with van der Waals surface area (Å²) < 4.78 is 5.73. The van der Waals surface area contributed by atoms with E-state index >= 15 is 0 Å². The first-order chi connectivity index (χ1) is 11.4. The molecule has 0 amide bonds. The van der Waals surface area contributed by atoms with Gasteiger partial charge in [-0.1, -0.05) is 41.5 Å². The van der Waals surface area contributed by atoms with Gasteiger partial charge in [0.15, 0.2) is 5.70 Å². The first-order valence-electron chi connectivity index (χ1n) is 7.53. The van der Waals surface area contributed by atoms with Gasteiger partial charge in [-0.2, -0.15) is 0 Å². The topological polar surface area (TPSA) is 73.8 Å². The van der Waals surface area contributed by atoms with E-state index in [2.05, 4.69) is 42.9 Å². The van der Waals surface area contributed by atoms with Crippen LogP contribution in [0.5, 0.6) is 5.75 Å². The number of hydrazine groups is 2. The molecule has 0 aromatic heterocycles. The van der Waals surface area contributed by atoms with Crippen LogP contribution < -0.4 is 15.6 Å². The Labute approximate surface area is 140 Å². The lowest BCUT2D eigenvalue weighted by molar-refractivity contribution is -0.133. The number of nitrogens with zero attached hydrogens (tertiary/aromatic N) is 1. The molecule has 124 valence electrons. The van der Waals surface area contributed by atoms with Gasteiger partial charge in [-0.05, 0) is 37.1 Å². The van der Waals surface area contributed by atoms with Crippen LogP contribution in [0.15, 0.2) is 54.0 Å². The molecule has 0 bridgehead atoms. The molecular weight excluding hydrogens is 306 g/mol. The number of hydrogen-bond donors (Lipinski definition) is 3. The van der Waals surface area contributed by atoms with Gasteiger partial charge in [0.25, 0.3) is 0 Å². The van der Waals surface area contributed by atoms with Crippen molar-refractivity contribution in [2.45, 2.75) is 13.8 Å². The molecule has 3 N–H and O–H groups in total. The SMILES string of the molecule is Cc1cc(C)cc(-c2cccc(OC3=C(C(=O)O)NN(C)N3)c2)c1. The minimum Gasteiger partial charge on any atom is -0.476 e. The Morgan fingerprint density at radius 3 is 2.42 bits per heavy atom. The standard InChI is InChI=1S/C18H19N3O3/c1-11-7-12(2)9-14(8-11)13-5-4-6-15(10-13)24-17-16(18(22)23)19-21(3)20-17/h4-10,19-20H,1-3H3,(H,22,23). The van der Waals surface area contributed by atoms with Crippen LogP contribution in [0.25, 0.3) is 11.1 Å². The van der Waals surface area contributed by atoms with Crippen LogP contribution in [0.2, 0.25) is 0 Å². The van der Waals surface area contributed by atoms with Gasteiger partial charge in [0, 0.05) is 7.05 Å². The van der Waals surface area contributed by atoms with E-state index in [1.807, 2.05) is 18.2 Å². The zero-order valence-corrected chi connectivity index (χ0v) is 13.8. The second-order valence-corrected chi connectivity index (χ2v) is 5.80. The van der Waals surface area contributed by atoms with E-state index in [0.717, 1.165) is 11.1 Å². The van der Waals surface area contributed by atoms with Gasteiger partial charge < -0.3 is 9.84 Å². The van der Waals surface area contributed by atoms with Crippen LogP contribution in [0.3, 0.4) is 0 Å². The van der Waals surface area contributed by atoms with Crippen LogP contribution in [0.1, 0.15) is 11.1 Å². The molecule has 6 heteroatoms. The van der Waals surface area contributed by atoms with E-state index in [1.54, 1.807) is 13.1 Å². The van der Waals surface area contributed by atoms with Crippen molar-refractivity contribution in [3.05, 3.63) is 65.2 Å². The fourth-order valence-corrected chi connectivity index (χ4v) is 2.67. The fraction of sp³-hybridized carbons (Fsp3) is 0.167. The van der Waals surface area contributed by atoms with Crippen molar-refractivity contribution in [2.24, 2.45) is 0 Å². The highest BCUT2D eigenvalue weighted by Crippen LogP contribution is 2.27. The van der Waals surface area contributed by atoms with Gasteiger partial charge in [-0.15, -0.1) is 5.12 Å². The molecule has 0 spiro atoms. The number of aryl methyl sites for hydroxylation is 2. The maximum absolute atomic E-state index is 11.2. The highest BCUT2D eigenvalue weighted by atomic mass is 16.5. The molecule has 0 saturated heterocycles. The average Bonchev–Trinajstić information content (AvgIpc) is 2.87. The Balaban J connectivity index is 1.91. The van der Waals surface area contributed by atoms with Crippen molar-refractivity contribution >= 4 is 5.97 Å². The quantitative estimate of drug-likeness (QED) is 0.802. The molecule has 1 aliphatic heterocycles. The summed E-state index contributed by atoms with van der Waals surface area (Å²) in [5.41, 5.74) is 9.93. The molecule has 0 unspecified atom stereocenters. The third kappa shape index (κ3) is 3.33. The molecule has 1 aliphatic rings. The minimum atomic E-state index is -1.09. The van der Waals surface area contributed by atoms with Gasteiger partial charge in [0.05, 0.1) is 0 Å². The number of aliphatic carboxylic acids is 1. The lowest BCUT2D eigenvalue weighted by Crippen LogP contribution is -2.37. The lowest BCUT2D eigenvalue weighted by Gasteiger charge is -2.12. The molecule has 6 nitrogen and oxygen atoms in total. The molecule has 0 fully saturated rings. The first-order valence-corrected chi connectivity index (χ1v) is 7.53. The van der Waals surface area contributed by atoms with Crippen molar-refractivity contribution in [1.82, 2.24) is 16.0 Å². The van der Waals surface area contributed by atoms with E-state index in [-0.39, 0.29) is 11.6 Å². The Morgan fingerprint density at radius 1 is 1.04 bits per heavy atom. The third-order valence-corrected chi connectivity index (χ3v) is 3.60. The summed E-state index contributed by atoms with van der Waals surface area (Å²) in [6, 6.07) is 13.9. The predicted molar refractivity (Wildman–Crippen MR) is 90.7 cm³/mol. The lowest BCUT2D eigenvalue weighted by atomic mass is 10.0. The summed E-state index contributed by atoms with van der Waals surface area (Å²) in [4.78, 5) is 11.2. The normalized spacial score (nSPS) is 14.3. The molecular formula is C18H19N3O3. The van der Waals surface area contributed by atoms with Crippen molar-refractivity contribution in [1.29, 1.82) is 0 Å². The number of benzene rings is 2. The van der Waals surface area contributed by atoms with Gasteiger partial charge >= 0.3 is 5.97 Å². The van der Waals surface area contributed by atoms with Crippen molar-refractivity contribution < 1.29 is 14.6 Å². The van der Waals surface area contributed by atoms with Gasteiger partial charge in [-0.3, -0.25) is 10.9 Å². The third-order valence-electron chi connectivity index (χ3n) is 3.60. The summed E-state index contributed by atoms with van der Waals surface area (Å²) in [7, 11) is 1.66. The summed E-state index contributed by atoms with van der Waals surface area (Å²) in [6.45, 7) is 4.12. The maximum atomic E-state index is 11.2. The van der Waals surface area contributed by atoms with Gasteiger partial charge in [0.1, 0.15) is 5.75 Å². The van der Waals surface area contributed by atoms with Crippen LogP contribution in [0.4, 0.5) is 0 Å². The van der Waals surface area contributed by atoms with E-state index in [9.17, 15) is 9.90 Å². The summed E-state index contributed by atoms with van der Waals surface area (Å²) >= 11 is 0. The number of nitrogens with one attached hydrogen (secondary N) is 2. The van der Waals surface area contributed by atoms with Crippen molar-refractivity contribution in [3.8, 4) is 16.9 Å². The largest absolute Gasteiger partial charge is 0.476 e. The molecule has 0 radical (unpaired) electrons. The second kappa shape index (κ2) is 6.25. The number of rotatable bonds is 4. The molecule has 0 atom stereocenters. The van der Waals surface area contributed by atoms with Crippen molar-refractivity contribution in [3.63, 3.8) is 0 Å². The molecule has 0 saturated carbocycles. The van der Waals surface area contributed by atoms with Crippen LogP contribution >= 0.6 is 0 Å². The molecule has 1 heterocycles. The van der Waals surface area contributed by atoms with E-state index < -0.39 is 5.97 Å². The minimum absolute atomic E-state index is 0.0331. The van der Waals surface area contributed by atoms with Crippen molar-refractivity contribution in [2.75, 3.05) is 7.05 Å². The molecule has 0 aliphatic carbocycles. The highest BCUT2D eigenvalue weighted by Gasteiger charge is 2.25. The highest BCUT2D eigenvalue weighted by molar-refractivity contribution is 5.86. The average molecular weight is 325 g/mol. The smallest absolute Gasteiger partial charge is 0.359 e. The summed E-state index contributed by atoms with van der Waals surface area (Å²) in [5.74, 6) is -0.375. The number of carboxylic acid groups (broad SMARTS) is 1. The van der Waals surface area contributed by atoms with Gasteiger partial charge in [0.2, 0.25) is 5.88 Å². The first kappa shape index (κ1) is 15.9. The van der Waals surface area contributed by atoms with Crippen LogP contribution in [0, 0.1) is 13.8 Å². The maximum Gasteiger partial charge on any atom is 0.359 e. The van der Waals surface area contributed by atoms with E-state index in [1.165, 1.54) is 16.2 Å². The zero-order valence-electron chi connectivity index (χ0n) is 13.8. The van der Waals surface area contributed by atoms with Crippen LogP contribution in [-0.4, -0.2) is 23.2 Å². The Hall–Kier alpha value is -2.99. The Kier molecular flexibility index (Phi) is 4.14. The van der Waals surface area contributed by atoms with Gasteiger partial charge in [-0.25, -0.2) is 4.79 Å². The summed E-state index contributed by atoms with van der Waals surface area (Å²) in [5, 5.41) is 10.6. The number of carboxylic acids is 1. The zero-order chi connectivity index (χ0) is 17.3.